The monoisotopic (exact) mass is 259 g/mol. The molecule has 0 amide bonds. The van der Waals surface area contributed by atoms with Crippen LogP contribution in [0.4, 0.5) is 0 Å². The van der Waals surface area contributed by atoms with Gasteiger partial charge in [0.05, 0.1) is 6.20 Å². The minimum absolute atomic E-state index is 0.195. The number of aryl methyl sites for hydroxylation is 1. The molecule has 0 saturated carbocycles. The van der Waals surface area contributed by atoms with Gasteiger partial charge < -0.3 is 0 Å². The van der Waals surface area contributed by atoms with Crippen LogP contribution in [0.3, 0.4) is 0 Å². The van der Waals surface area contributed by atoms with Gasteiger partial charge in [-0.1, -0.05) is 0 Å². The summed E-state index contributed by atoms with van der Waals surface area (Å²) in [5.74, 6) is 0.935. The van der Waals surface area contributed by atoms with Crippen LogP contribution in [0.15, 0.2) is 17.3 Å². The number of hydrogen-bond donors (Lipinski definition) is 0. The van der Waals surface area contributed by atoms with E-state index in [1.54, 1.807) is 17.5 Å². The van der Waals surface area contributed by atoms with Gasteiger partial charge in [-0.15, -0.1) is 0 Å². The molecule has 1 aromatic rings. The molecule has 2 atom stereocenters. The summed E-state index contributed by atoms with van der Waals surface area (Å²) in [5, 5.41) is 4.42. The first-order valence-electron chi connectivity index (χ1n) is 5.19. The zero-order chi connectivity index (χ0) is 11.3. The molecular weight excluding hydrogens is 246 g/mol. The highest BCUT2D eigenvalue weighted by molar-refractivity contribution is 8.00. The maximum atomic E-state index is 12.3. The van der Waals surface area contributed by atoms with Gasteiger partial charge in [0.25, 0.3) is 0 Å². The summed E-state index contributed by atoms with van der Waals surface area (Å²) < 4.78 is 27.8. The molecule has 0 spiro atoms. The Morgan fingerprint density at radius 1 is 1.56 bits per heavy atom. The summed E-state index contributed by atoms with van der Waals surface area (Å²) in [4.78, 5) is 0.313. The predicted octanol–water partition coefficient (Wildman–Crippen LogP) is 0.298. The minimum Gasteiger partial charge on any atom is -0.274 e. The Bertz CT molecular complexity index is 511. The molecule has 16 heavy (non-hydrogen) atoms. The van der Waals surface area contributed by atoms with Gasteiger partial charge in [0.2, 0.25) is 10.0 Å². The smallest absolute Gasteiger partial charge is 0.246 e. The van der Waals surface area contributed by atoms with Gasteiger partial charge in [0.15, 0.2) is 0 Å². The standard InChI is InChI=1S/C9H13N3O2S2/c1-11-5-9(3-10-11)16(13,14)12-4-8-2-7(12)6-15-8/h3,5,7-8H,2,4,6H2,1H3. The van der Waals surface area contributed by atoms with Crippen LogP contribution in [0.2, 0.25) is 0 Å². The minimum atomic E-state index is -3.31. The second-order valence-corrected chi connectivity index (χ2v) is 7.49. The van der Waals surface area contributed by atoms with Crippen molar-refractivity contribution in [1.29, 1.82) is 0 Å². The van der Waals surface area contributed by atoms with E-state index in [2.05, 4.69) is 5.10 Å². The Labute approximate surface area is 98.9 Å². The van der Waals surface area contributed by atoms with Gasteiger partial charge in [-0.2, -0.15) is 21.2 Å². The third-order valence-electron chi connectivity index (χ3n) is 3.14. The van der Waals surface area contributed by atoms with Crippen LogP contribution in [0.1, 0.15) is 6.42 Å². The average Bonchev–Trinajstić information content (AvgIpc) is 2.91. The van der Waals surface area contributed by atoms with Crippen LogP contribution in [0.25, 0.3) is 0 Å². The summed E-state index contributed by atoms with van der Waals surface area (Å²) in [6.07, 6.45) is 3.99. The molecule has 3 rings (SSSR count). The van der Waals surface area contributed by atoms with Crippen molar-refractivity contribution in [3.05, 3.63) is 12.4 Å². The van der Waals surface area contributed by atoms with Crippen LogP contribution in [0.5, 0.6) is 0 Å². The first kappa shape index (κ1) is 10.6. The zero-order valence-electron chi connectivity index (χ0n) is 8.91. The molecule has 1 aromatic heterocycles. The average molecular weight is 259 g/mol. The van der Waals surface area contributed by atoms with E-state index in [4.69, 9.17) is 0 Å². The van der Waals surface area contributed by atoms with Gasteiger partial charge in [-0.25, -0.2) is 8.42 Å². The van der Waals surface area contributed by atoms with E-state index in [0.29, 0.717) is 16.7 Å². The van der Waals surface area contributed by atoms with E-state index < -0.39 is 10.0 Å². The predicted molar refractivity (Wildman–Crippen MR) is 61.8 cm³/mol. The Hall–Kier alpha value is -0.530. The van der Waals surface area contributed by atoms with Gasteiger partial charge in [0.1, 0.15) is 4.90 Å². The topological polar surface area (TPSA) is 55.2 Å². The molecule has 2 saturated heterocycles. The highest BCUT2D eigenvalue weighted by atomic mass is 32.2. The summed E-state index contributed by atoms with van der Waals surface area (Å²) >= 11 is 1.89. The molecule has 2 fully saturated rings. The number of thioether (sulfide) groups is 1. The molecule has 88 valence electrons. The summed E-state index contributed by atoms with van der Waals surface area (Å²) in [7, 11) is -1.58. The van der Waals surface area contributed by atoms with Crippen molar-refractivity contribution in [2.45, 2.75) is 22.6 Å². The SMILES string of the molecule is Cn1cc(S(=O)(=O)N2CC3CC2CS3)cn1. The van der Waals surface area contributed by atoms with Gasteiger partial charge in [-0.3, -0.25) is 4.68 Å². The lowest BCUT2D eigenvalue weighted by Gasteiger charge is -2.24. The number of hydrogen-bond acceptors (Lipinski definition) is 4. The fourth-order valence-corrected chi connectivity index (χ4v) is 5.62. The van der Waals surface area contributed by atoms with Crippen molar-refractivity contribution in [2.75, 3.05) is 12.3 Å². The Balaban J connectivity index is 1.94. The Morgan fingerprint density at radius 2 is 2.38 bits per heavy atom. The normalized spacial score (nSPS) is 30.1. The molecule has 7 heteroatoms. The van der Waals surface area contributed by atoms with Crippen molar-refractivity contribution in [1.82, 2.24) is 14.1 Å². The third kappa shape index (κ3) is 1.49. The van der Waals surface area contributed by atoms with Crippen LogP contribution in [0, 0.1) is 0 Å². The first-order chi connectivity index (χ1) is 7.57. The van der Waals surface area contributed by atoms with Crippen LogP contribution in [-0.2, 0) is 17.1 Å². The lowest BCUT2D eigenvalue weighted by Crippen LogP contribution is -2.38. The number of sulfonamides is 1. The molecule has 2 unspecified atom stereocenters. The van der Waals surface area contributed by atoms with E-state index in [1.807, 2.05) is 11.8 Å². The largest absolute Gasteiger partial charge is 0.274 e. The van der Waals surface area contributed by atoms with Crippen molar-refractivity contribution < 1.29 is 8.42 Å². The second-order valence-electron chi connectivity index (χ2n) is 4.27. The molecule has 0 N–H and O–H groups in total. The fourth-order valence-electron chi connectivity index (χ4n) is 2.33. The highest BCUT2D eigenvalue weighted by Crippen LogP contribution is 2.40. The molecule has 0 aromatic carbocycles. The zero-order valence-corrected chi connectivity index (χ0v) is 10.5. The molecule has 2 aliphatic rings. The summed E-state index contributed by atoms with van der Waals surface area (Å²) in [5.41, 5.74) is 0. The maximum absolute atomic E-state index is 12.3. The van der Waals surface area contributed by atoms with Gasteiger partial charge in [0, 0.05) is 36.8 Å². The maximum Gasteiger partial charge on any atom is 0.246 e. The van der Waals surface area contributed by atoms with Crippen LogP contribution >= 0.6 is 11.8 Å². The van der Waals surface area contributed by atoms with Crippen molar-refractivity contribution in [3.8, 4) is 0 Å². The van der Waals surface area contributed by atoms with Crippen molar-refractivity contribution >= 4 is 21.8 Å². The van der Waals surface area contributed by atoms with E-state index in [1.165, 1.54) is 10.9 Å². The van der Waals surface area contributed by atoms with Crippen molar-refractivity contribution in [3.63, 3.8) is 0 Å². The fraction of sp³-hybridized carbons (Fsp3) is 0.667. The number of rotatable bonds is 2. The van der Waals surface area contributed by atoms with Gasteiger partial charge in [-0.05, 0) is 6.42 Å². The lowest BCUT2D eigenvalue weighted by atomic mass is 10.3. The van der Waals surface area contributed by atoms with Crippen LogP contribution < -0.4 is 0 Å². The van der Waals surface area contributed by atoms with E-state index in [9.17, 15) is 8.42 Å². The molecule has 0 radical (unpaired) electrons. The number of fused-ring (bicyclic) bond motifs is 2. The first-order valence-corrected chi connectivity index (χ1v) is 7.68. The van der Waals surface area contributed by atoms with Crippen LogP contribution in [-0.4, -0.2) is 46.1 Å². The number of aromatic nitrogens is 2. The van der Waals surface area contributed by atoms with Crippen molar-refractivity contribution in [2.24, 2.45) is 7.05 Å². The highest BCUT2D eigenvalue weighted by Gasteiger charge is 2.45. The summed E-state index contributed by atoms with van der Waals surface area (Å²) in [6, 6.07) is 0.195. The number of nitrogens with zero attached hydrogens (tertiary/aromatic N) is 3. The van der Waals surface area contributed by atoms with E-state index >= 15 is 0 Å². The van der Waals surface area contributed by atoms with Gasteiger partial charge >= 0.3 is 0 Å². The molecular formula is C9H13N3O2S2. The lowest BCUT2D eigenvalue weighted by molar-refractivity contribution is 0.410. The molecule has 3 heterocycles. The third-order valence-corrected chi connectivity index (χ3v) is 6.40. The Morgan fingerprint density at radius 3 is 2.88 bits per heavy atom. The Kier molecular flexibility index (Phi) is 2.31. The molecule has 2 aliphatic heterocycles. The molecule has 2 bridgehead atoms. The second kappa shape index (κ2) is 3.48. The summed E-state index contributed by atoms with van der Waals surface area (Å²) in [6.45, 7) is 0.659. The quantitative estimate of drug-likeness (QED) is 0.766. The van der Waals surface area contributed by atoms with E-state index in [-0.39, 0.29) is 6.04 Å². The molecule has 5 nitrogen and oxygen atoms in total. The van der Waals surface area contributed by atoms with E-state index in [0.717, 1.165) is 12.2 Å². The molecule has 0 aliphatic carbocycles.